The van der Waals surface area contributed by atoms with E-state index in [9.17, 15) is 19.2 Å². The molecule has 0 radical (unpaired) electrons. The number of piperidine rings is 1. The molecule has 69 heavy (non-hydrogen) atoms. The van der Waals surface area contributed by atoms with E-state index in [2.05, 4.69) is 39.7 Å². The molecule has 3 aliphatic heterocycles. The molecule has 4 N–H and O–H groups in total. The van der Waals surface area contributed by atoms with Crippen LogP contribution >= 0.6 is 11.6 Å². The Morgan fingerprint density at radius 1 is 1.01 bits per heavy atom. The number of urea groups is 1. The Labute approximate surface area is 405 Å². The fourth-order valence-electron chi connectivity index (χ4n) is 11.3. The maximum Gasteiger partial charge on any atom is 0.329 e. The lowest BCUT2D eigenvalue weighted by molar-refractivity contribution is -0.136. The molecule has 4 heterocycles. The number of primary amides is 1. The summed E-state index contributed by atoms with van der Waals surface area (Å²) in [6, 6.07) is 19.6. The highest BCUT2D eigenvalue weighted by Crippen LogP contribution is 2.56. The number of aryl methyl sites for hydroxylation is 1. The van der Waals surface area contributed by atoms with Crippen LogP contribution in [0.5, 0.6) is 11.5 Å². The number of anilines is 1. The van der Waals surface area contributed by atoms with Crippen LogP contribution in [-0.4, -0.2) is 102 Å². The summed E-state index contributed by atoms with van der Waals surface area (Å²) in [6.45, 7) is 7.19. The first kappa shape index (κ1) is 47.9. The van der Waals surface area contributed by atoms with Crippen LogP contribution in [-0.2, 0) is 22.2 Å². The van der Waals surface area contributed by atoms with Crippen LogP contribution in [0.3, 0.4) is 0 Å². The average Bonchev–Trinajstić information content (AvgIpc) is 3.83. The predicted molar refractivity (Wildman–Crippen MR) is 260 cm³/mol. The highest BCUT2D eigenvalue weighted by atomic mass is 35.5. The van der Waals surface area contributed by atoms with E-state index in [0.29, 0.717) is 36.9 Å². The van der Waals surface area contributed by atoms with Gasteiger partial charge in [0.2, 0.25) is 17.7 Å². The minimum atomic E-state index is -1.08. The number of fused-ring (bicyclic) bond motifs is 2. The van der Waals surface area contributed by atoms with E-state index in [-0.39, 0.29) is 69.4 Å². The van der Waals surface area contributed by atoms with Gasteiger partial charge in [-0.3, -0.25) is 34.2 Å². The maximum absolute atomic E-state index is 16.2. The van der Waals surface area contributed by atoms with E-state index in [0.717, 1.165) is 68.1 Å². The van der Waals surface area contributed by atoms with Gasteiger partial charge in [-0.05, 0) is 99.8 Å². The second-order valence-electron chi connectivity index (χ2n) is 19.2. The summed E-state index contributed by atoms with van der Waals surface area (Å²) in [7, 11) is 5.08. The van der Waals surface area contributed by atoms with Crippen LogP contribution in [0.4, 0.5) is 19.4 Å². The number of carbonyl (C=O) groups excluding carboxylic acids is 4. The summed E-state index contributed by atoms with van der Waals surface area (Å²) in [5.74, 6) is -2.41. The maximum atomic E-state index is 16.2. The van der Waals surface area contributed by atoms with Crippen molar-refractivity contribution in [3.63, 3.8) is 0 Å². The number of benzene rings is 4. The predicted octanol–water partition coefficient (Wildman–Crippen LogP) is 7.99. The number of ether oxygens (including phenoxy) is 2. The second-order valence-corrected chi connectivity index (χ2v) is 19.6. The molecule has 5 amide bonds. The van der Waals surface area contributed by atoms with E-state index in [1.807, 2.05) is 62.3 Å². The normalized spacial score (nSPS) is 22.6. The van der Waals surface area contributed by atoms with Crippen molar-refractivity contribution in [2.24, 2.45) is 18.7 Å². The number of likely N-dealkylation sites (N-methyl/N-ethyl adjacent to an activating group) is 1. The second kappa shape index (κ2) is 19.4. The molecule has 364 valence electrons. The van der Waals surface area contributed by atoms with Gasteiger partial charge in [-0.25, -0.2) is 13.6 Å². The zero-order chi connectivity index (χ0) is 48.9. The lowest BCUT2D eigenvalue weighted by Gasteiger charge is -2.39. The molecule has 1 saturated carbocycles. The van der Waals surface area contributed by atoms with Crippen molar-refractivity contribution in [3.8, 4) is 22.6 Å². The number of halogens is 3. The number of aromatic nitrogens is 2. The number of nitrogens with one attached hydrogen (secondary N) is 2. The first-order valence-electron chi connectivity index (χ1n) is 23.8. The smallest absolute Gasteiger partial charge is 0.329 e. The first-order chi connectivity index (χ1) is 33.1. The van der Waals surface area contributed by atoms with Gasteiger partial charge in [0.25, 0.3) is 0 Å². The summed E-state index contributed by atoms with van der Waals surface area (Å²) >= 11 is 6.70. The van der Waals surface area contributed by atoms with Crippen molar-refractivity contribution >= 4 is 52.1 Å². The number of amides is 5. The van der Waals surface area contributed by atoms with Gasteiger partial charge < -0.3 is 25.4 Å². The number of nitrogens with zero attached hydrogens (tertiary/aromatic N) is 5. The molecule has 1 aliphatic carbocycles. The minimum absolute atomic E-state index is 0.00792. The third-order valence-electron chi connectivity index (χ3n) is 15.2. The van der Waals surface area contributed by atoms with E-state index in [1.54, 1.807) is 4.68 Å². The number of hydrogen-bond donors (Lipinski definition) is 3. The molecule has 3 unspecified atom stereocenters. The Bertz CT molecular complexity index is 2810. The quantitative estimate of drug-likeness (QED) is 0.106. The third kappa shape index (κ3) is 8.91. The number of imide groups is 1. The lowest BCUT2D eigenvalue weighted by atomic mass is 9.77. The fraction of sp³-hybridized carbons (Fsp3) is 0.442. The third-order valence-corrected chi connectivity index (χ3v) is 15.6. The van der Waals surface area contributed by atoms with Gasteiger partial charge in [-0.15, -0.1) is 0 Å². The summed E-state index contributed by atoms with van der Waals surface area (Å²) in [6.07, 6.45) is 5.18. The number of rotatable bonds is 13. The number of likely N-dealkylation sites (tertiary alicyclic amines) is 1. The molecule has 3 fully saturated rings. The molecule has 3 atom stereocenters. The van der Waals surface area contributed by atoms with E-state index in [4.69, 9.17) is 26.8 Å². The molecule has 14 nitrogen and oxygen atoms in total. The summed E-state index contributed by atoms with van der Waals surface area (Å²) in [5, 5.41) is 11.3. The molecule has 2 saturated heterocycles. The first-order valence-corrected chi connectivity index (χ1v) is 24.2. The van der Waals surface area contributed by atoms with Crippen LogP contribution < -0.4 is 30.7 Å². The van der Waals surface area contributed by atoms with Crippen molar-refractivity contribution in [2.45, 2.75) is 88.3 Å². The number of nitrogens with two attached hydrogens (primary N) is 1. The summed E-state index contributed by atoms with van der Waals surface area (Å²) in [5.41, 5.74) is 7.68. The van der Waals surface area contributed by atoms with Gasteiger partial charge in [0.05, 0.1) is 23.2 Å². The van der Waals surface area contributed by atoms with Crippen LogP contribution in [0.15, 0.2) is 66.7 Å². The van der Waals surface area contributed by atoms with Crippen molar-refractivity contribution in [2.75, 3.05) is 51.8 Å². The molecule has 17 heteroatoms. The topological polar surface area (TPSA) is 164 Å². The van der Waals surface area contributed by atoms with Gasteiger partial charge >= 0.3 is 6.03 Å². The van der Waals surface area contributed by atoms with Gasteiger partial charge in [0, 0.05) is 92.2 Å². The number of hydrogen-bond acceptors (Lipinski definition) is 9. The SMILES string of the molecule is COc1ccc(C(N)=O)c(-c2c(Cl)c(F)cc3c2C(C)C(CNC2CCC(C(=O)N(C)CC(C)N4CCC(c5ccc6c(N7CCC(=O)NC7=O)nn(C)c6c5)CC4)CC2)(c2ccccc2)O3)c1F. The Kier molecular flexibility index (Phi) is 13.5. The molecular formula is C52H59ClF2N8O6. The highest BCUT2D eigenvalue weighted by molar-refractivity contribution is 6.34. The molecule has 0 spiro atoms. The van der Waals surface area contributed by atoms with E-state index >= 15 is 8.78 Å². The molecule has 9 rings (SSSR count). The van der Waals surface area contributed by atoms with Gasteiger partial charge in [0.15, 0.2) is 23.0 Å². The number of methoxy groups -OCH3 is 1. The van der Waals surface area contributed by atoms with Gasteiger partial charge in [0.1, 0.15) is 11.6 Å². The fourth-order valence-corrected chi connectivity index (χ4v) is 11.5. The Balaban J connectivity index is 0.815. The lowest BCUT2D eigenvalue weighted by Crippen LogP contribution is -2.49. The van der Waals surface area contributed by atoms with E-state index in [1.165, 1.54) is 35.8 Å². The standard InChI is InChI=1S/C52H59ClF2N8O6/c1-29(62-22-19-31(20-23-62)33-13-16-36-39(25-33)61(4)59-49(36)63-24-21-42(64)58-51(63)67)27-60(3)50(66)32-11-14-35(15-12-32)57-28-52(34-9-7-6-8-10-34)30(2)43-41(69-52)26-38(54)46(53)45(43)44-37(48(56)65)17-18-40(68-5)47(44)55/h6-10,13,16-18,25-26,29-32,35,57H,11-12,14-15,19-24,27-28H2,1-5H3,(H2,56,65)(H,58,64,67). The van der Waals surface area contributed by atoms with Crippen molar-refractivity contribution in [1.29, 1.82) is 0 Å². The highest BCUT2D eigenvalue weighted by Gasteiger charge is 2.50. The largest absolute Gasteiger partial charge is 0.494 e. The average molecular weight is 966 g/mol. The van der Waals surface area contributed by atoms with Crippen molar-refractivity contribution in [1.82, 2.24) is 30.2 Å². The summed E-state index contributed by atoms with van der Waals surface area (Å²) in [4.78, 5) is 56.8. The van der Waals surface area contributed by atoms with Crippen molar-refractivity contribution < 1.29 is 37.4 Å². The Morgan fingerprint density at radius 2 is 1.74 bits per heavy atom. The molecule has 1 aromatic heterocycles. The zero-order valence-corrected chi connectivity index (χ0v) is 40.4. The van der Waals surface area contributed by atoms with Crippen LogP contribution in [0.1, 0.15) is 97.7 Å². The molecular weight excluding hydrogens is 906 g/mol. The van der Waals surface area contributed by atoms with E-state index < -0.39 is 35.1 Å². The van der Waals surface area contributed by atoms with Crippen molar-refractivity contribution in [3.05, 3.63) is 106 Å². The summed E-state index contributed by atoms with van der Waals surface area (Å²) < 4.78 is 45.9. The monoisotopic (exact) mass is 964 g/mol. The molecule has 4 aliphatic rings. The molecule has 0 bridgehead atoms. The molecule has 4 aromatic carbocycles. The van der Waals surface area contributed by atoms with Crippen LogP contribution in [0.25, 0.3) is 22.0 Å². The Morgan fingerprint density at radius 3 is 2.42 bits per heavy atom. The van der Waals surface area contributed by atoms with Crippen LogP contribution in [0.2, 0.25) is 5.02 Å². The molecule has 5 aromatic rings. The van der Waals surface area contributed by atoms with Gasteiger partial charge in [-0.2, -0.15) is 5.10 Å². The van der Waals surface area contributed by atoms with Gasteiger partial charge in [-0.1, -0.05) is 54.9 Å². The zero-order valence-electron chi connectivity index (χ0n) is 39.6. The van der Waals surface area contributed by atoms with Crippen LogP contribution in [0, 0.1) is 17.6 Å². The minimum Gasteiger partial charge on any atom is -0.494 e. The number of carbonyl (C=O) groups is 4. The Hall–Kier alpha value is -6.10.